The zero-order valence-corrected chi connectivity index (χ0v) is 15.4. The fourth-order valence-electron chi connectivity index (χ4n) is 3.22. The summed E-state index contributed by atoms with van der Waals surface area (Å²) in [7, 11) is 0. The average molecular weight is 346 g/mol. The molecule has 0 unspecified atom stereocenters. The van der Waals surface area contributed by atoms with E-state index in [1.54, 1.807) is 0 Å². The van der Waals surface area contributed by atoms with Crippen LogP contribution in [0.2, 0.25) is 0 Å². The van der Waals surface area contributed by atoms with Gasteiger partial charge in [-0.1, -0.05) is 74.0 Å². The van der Waals surface area contributed by atoms with Crippen molar-refractivity contribution in [1.82, 2.24) is 9.55 Å². The van der Waals surface area contributed by atoms with E-state index in [0.717, 1.165) is 37.1 Å². The van der Waals surface area contributed by atoms with Crippen molar-refractivity contribution >= 4 is 5.78 Å². The molecule has 0 radical (unpaired) electrons. The van der Waals surface area contributed by atoms with Crippen molar-refractivity contribution in [2.75, 3.05) is 0 Å². The van der Waals surface area contributed by atoms with Crippen LogP contribution in [0.3, 0.4) is 0 Å². The molecular weight excluding hydrogens is 320 g/mol. The molecule has 0 fully saturated rings. The smallest absolute Gasteiger partial charge is 0.132 e. The van der Waals surface area contributed by atoms with E-state index >= 15 is 0 Å². The molecule has 1 heterocycles. The Bertz CT molecular complexity index is 822. The number of aromatic nitrogens is 2. The zero-order valence-electron chi connectivity index (χ0n) is 15.4. The predicted octanol–water partition coefficient (Wildman–Crippen LogP) is 5.76. The largest absolute Gasteiger partial charge is 0.330 e. The molecule has 0 atom stereocenters. The Hall–Kier alpha value is -2.68. The molecule has 0 spiro atoms. The lowest BCUT2D eigenvalue weighted by molar-refractivity contribution is -0.118. The maximum atomic E-state index is 11.4. The zero-order chi connectivity index (χ0) is 18.2. The standard InChI is InChI=1S/C23H26N2O/c1-2-21(26)16-10-5-11-17-25-18-24-22(19-12-6-3-7-13-19)23(25)20-14-8-4-9-15-20/h3-4,6-9,12-15,18H,2,5,10-11,16-17H2,1H3. The van der Waals surface area contributed by atoms with Gasteiger partial charge in [0.05, 0.1) is 17.7 Å². The molecule has 26 heavy (non-hydrogen) atoms. The van der Waals surface area contributed by atoms with Crippen LogP contribution < -0.4 is 0 Å². The number of rotatable bonds is 9. The molecule has 0 N–H and O–H groups in total. The van der Waals surface area contributed by atoms with Crippen molar-refractivity contribution in [1.29, 1.82) is 0 Å². The molecule has 0 aliphatic heterocycles. The molecule has 0 saturated carbocycles. The van der Waals surface area contributed by atoms with Crippen LogP contribution in [0, 0.1) is 0 Å². The topological polar surface area (TPSA) is 34.9 Å². The molecule has 3 aromatic rings. The minimum atomic E-state index is 0.365. The minimum absolute atomic E-state index is 0.365. The van der Waals surface area contributed by atoms with Gasteiger partial charge in [0.1, 0.15) is 5.78 Å². The summed E-state index contributed by atoms with van der Waals surface area (Å²) in [5.74, 6) is 0.365. The number of Topliss-reactive ketones (excluding diaryl/α,β-unsaturated/α-hetero) is 1. The van der Waals surface area contributed by atoms with Gasteiger partial charge in [0.25, 0.3) is 0 Å². The number of imidazole rings is 1. The van der Waals surface area contributed by atoms with Gasteiger partial charge in [-0.2, -0.15) is 0 Å². The number of benzene rings is 2. The van der Waals surface area contributed by atoms with Gasteiger partial charge in [-0.25, -0.2) is 4.98 Å². The van der Waals surface area contributed by atoms with Crippen LogP contribution in [0.1, 0.15) is 39.0 Å². The highest BCUT2D eigenvalue weighted by atomic mass is 16.1. The summed E-state index contributed by atoms with van der Waals surface area (Å²) < 4.78 is 2.25. The Labute approximate surface area is 155 Å². The van der Waals surface area contributed by atoms with Crippen molar-refractivity contribution in [2.45, 2.75) is 45.6 Å². The SMILES string of the molecule is CCC(=O)CCCCCn1cnc(-c2ccccc2)c1-c1ccccc1. The molecule has 3 heteroatoms. The third-order valence-electron chi connectivity index (χ3n) is 4.68. The Kier molecular flexibility index (Phi) is 6.37. The van der Waals surface area contributed by atoms with Gasteiger partial charge >= 0.3 is 0 Å². The molecule has 3 rings (SSSR count). The third kappa shape index (κ3) is 4.48. The van der Waals surface area contributed by atoms with Crippen LogP contribution in [0.25, 0.3) is 22.5 Å². The second-order valence-electron chi connectivity index (χ2n) is 6.57. The molecule has 134 valence electrons. The van der Waals surface area contributed by atoms with E-state index in [1.807, 2.05) is 37.5 Å². The molecule has 3 nitrogen and oxygen atoms in total. The van der Waals surface area contributed by atoms with Gasteiger partial charge in [-0.05, 0) is 12.8 Å². The van der Waals surface area contributed by atoms with E-state index in [-0.39, 0.29) is 0 Å². The summed E-state index contributed by atoms with van der Waals surface area (Å²) in [6, 6.07) is 20.8. The Morgan fingerprint density at radius 2 is 1.54 bits per heavy atom. The van der Waals surface area contributed by atoms with Gasteiger partial charge < -0.3 is 4.57 Å². The summed E-state index contributed by atoms with van der Waals surface area (Å²) in [6.45, 7) is 2.86. The summed E-state index contributed by atoms with van der Waals surface area (Å²) >= 11 is 0. The molecule has 0 amide bonds. The first kappa shape index (κ1) is 18.1. The molecular formula is C23H26N2O. The molecule has 0 aliphatic rings. The fourth-order valence-corrected chi connectivity index (χ4v) is 3.22. The Morgan fingerprint density at radius 1 is 0.885 bits per heavy atom. The van der Waals surface area contributed by atoms with Crippen molar-refractivity contribution in [3.05, 3.63) is 67.0 Å². The summed E-state index contributed by atoms with van der Waals surface area (Å²) in [4.78, 5) is 16.1. The summed E-state index contributed by atoms with van der Waals surface area (Å²) in [6.07, 6.45) is 6.41. The lowest BCUT2D eigenvalue weighted by Gasteiger charge is -2.11. The third-order valence-corrected chi connectivity index (χ3v) is 4.68. The predicted molar refractivity (Wildman–Crippen MR) is 107 cm³/mol. The average Bonchev–Trinajstić information content (AvgIpc) is 3.12. The first-order chi connectivity index (χ1) is 12.8. The first-order valence-corrected chi connectivity index (χ1v) is 9.47. The molecule has 0 aliphatic carbocycles. The monoisotopic (exact) mass is 346 g/mol. The number of carbonyl (C=O) groups is 1. The van der Waals surface area contributed by atoms with Gasteiger partial charge in [0.15, 0.2) is 0 Å². The van der Waals surface area contributed by atoms with Crippen LogP contribution in [0.15, 0.2) is 67.0 Å². The first-order valence-electron chi connectivity index (χ1n) is 9.47. The summed E-state index contributed by atoms with van der Waals surface area (Å²) in [5.41, 5.74) is 4.52. The molecule has 0 bridgehead atoms. The van der Waals surface area contributed by atoms with Crippen LogP contribution in [0.4, 0.5) is 0 Å². The van der Waals surface area contributed by atoms with E-state index in [2.05, 4.69) is 41.0 Å². The molecule has 2 aromatic carbocycles. The van der Waals surface area contributed by atoms with Gasteiger partial charge in [0, 0.05) is 30.5 Å². The fraction of sp³-hybridized carbons (Fsp3) is 0.304. The van der Waals surface area contributed by atoms with Crippen LogP contribution in [-0.2, 0) is 11.3 Å². The number of carbonyl (C=O) groups excluding carboxylic acids is 1. The number of hydrogen-bond acceptors (Lipinski definition) is 2. The highest BCUT2D eigenvalue weighted by molar-refractivity contribution is 5.78. The van der Waals surface area contributed by atoms with Crippen molar-refractivity contribution in [2.24, 2.45) is 0 Å². The van der Waals surface area contributed by atoms with Gasteiger partial charge in [-0.15, -0.1) is 0 Å². The number of aryl methyl sites for hydroxylation is 1. The molecule has 0 saturated heterocycles. The van der Waals surface area contributed by atoms with E-state index in [4.69, 9.17) is 4.98 Å². The summed E-state index contributed by atoms with van der Waals surface area (Å²) in [5, 5.41) is 0. The van der Waals surface area contributed by atoms with E-state index in [9.17, 15) is 4.79 Å². The van der Waals surface area contributed by atoms with Gasteiger partial charge in [-0.3, -0.25) is 4.79 Å². The highest BCUT2D eigenvalue weighted by Crippen LogP contribution is 2.31. The van der Waals surface area contributed by atoms with Crippen LogP contribution in [0.5, 0.6) is 0 Å². The Morgan fingerprint density at radius 3 is 2.19 bits per heavy atom. The van der Waals surface area contributed by atoms with Crippen molar-refractivity contribution in [3.63, 3.8) is 0 Å². The normalized spacial score (nSPS) is 10.8. The number of ketones is 1. The highest BCUT2D eigenvalue weighted by Gasteiger charge is 2.14. The quantitative estimate of drug-likeness (QED) is 0.462. The number of unbranched alkanes of at least 4 members (excludes halogenated alkanes) is 2. The number of hydrogen-bond donors (Lipinski definition) is 0. The molecule has 1 aromatic heterocycles. The van der Waals surface area contributed by atoms with E-state index in [0.29, 0.717) is 18.6 Å². The van der Waals surface area contributed by atoms with Crippen molar-refractivity contribution in [3.8, 4) is 22.5 Å². The van der Waals surface area contributed by atoms with Gasteiger partial charge in [0.2, 0.25) is 0 Å². The lowest BCUT2D eigenvalue weighted by Crippen LogP contribution is -2.00. The minimum Gasteiger partial charge on any atom is -0.330 e. The second-order valence-corrected chi connectivity index (χ2v) is 6.57. The van der Waals surface area contributed by atoms with E-state index < -0.39 is 0 Å². The Balaban J connectivity index is 1.78. The van der Waals surface area contributed by atoms with Crippen LogP contribution in [-0.4, -0.2) is 15.3 Å². The maximum absolute atomic E-state index is 11.4. The second kappa shape index (κ2) is 9.14. The maximum Gasteiger partial charge on any atom is 0.132 e. The van der Waals surface area contributed by atoms with Crippen LogP contribution >= 0.6 is 0 Å². The van der Waals surface area contributed by atoms with E-state index in [1.165, 1.54) is 11.3 Å². The lowest BCUT2D eigenvalue weighted by atomic mass is 10.0. The van der Waals surface area contributed by atoms with Crippen molar-refractivity contribution < 1.29 is 4.79 Å². The number of nitrogens with zero attached hydrogens (tertiary/aromatic N) is 2.